The third-order valence-corrected chi connectivity index (χ3v) is 3.25. The van der Waals surface area contributed by atoms with E-state index in [0.717, 1.165) is 22.5 Å². The van der Waals surface area contributed by atoms with E-state index in [4.69, 9.17) is 0 Å². The van der Waals surface area contributed by atoms with Crippen LogP contribution in [0.15, 0.2) is 55.0 Å². The van der Waals surface area contributed by atoms with E-state index < -0.39 is 0 Å². The van der Waals surface area contributed by atoms with E-state index in [0.29, 0.717) is 5.95 Å². The molecule has 0 radical (unpaired) electrons. The molecule has 0 fully saturated rings. The first-order valence-electron chi connectivity index (χ1n) is 7.80. The number of anilines is 2. The van der Waals surface area contributed by atoms with E-state index in [-0.39, 0.29) is 2.85 Å². The predicted molar refractivity (Wildman–Crippen MR) is 100 cm³/mol. The zero-order valence-corrected chi connectivity index (χ0v) is 14.0. The Balaban J connectivity index is 0.00000139. The molecule has 1 aromatic carbocycles. The van der Waals surface area contributed by atoms with Gasteiger partial charge < -0.3 is 5.32 Å². The fourth-order valence-corrected chi connectivity index (χ4v) is 2.08. The van der Waals surface area contributed by atoms with Crippen molar-refractivity contribution in [3.05, 3.63) is 66.1 Å². The zero-order valence-electron chi connectivity index (χ0n) is 14.0. The number of hydrogen-bond acceptors (Lipinski definition) is 4. The van der Waals surface area contributed by atoms with Gasteiger partial charge >= 0.3 is 0 Å². The number of aryl methyl sites for hydroxylation is 2. The molecule has 3 rings (SSSR count). The molecule has 0 amide bonds. The number of aromatic nitrogens is 3. The van der Waals surface area contributed by atoms with Gasteiger partial charge in [0.2, 0.25) is 5.95 Å². The first-order valence-corrected chi connectivity index (χ1v) is 7.80. The molecule has 0 bridgehead atoms. The molecule has 23 heavy (non-hydrogen) atoms. The highest BCUT2D eigenvalue weighted by molar-refractivity contribution is 5.63. The van der Waals surface area contributed by atoms with E-state index in [9.17, 15) is 0 Å². The van der Waals surface area contributed by atoms with Gasteiger partial charge in [0.05, 0.1) is 5.69 Å². The number of nitrogens with zero attached hydrogens (tertiary/aromatic N) is 3. The second-order valence-electron chi connectivity index (χ2n) is 4.95. The first-order chi connectivity index (χ1) is 11.2. The van der Waals surface area contributed by atoms with Gasteiger partial charge in [-0.2, -0.15) is 0 Å². The number of nitrogens with one attached hydrogen (secondary N) is 1. The van der Waals surface area contributed by atoms with Crippen molar-refractivity contribution in [2.45, 2.75) is 27.7 Å². The molecule has 122 valence electrons. The van der Waals surface area contributed by atoms with Crippen LogP contribution in [0.4, 0.5) is 11.6 Å². The number of rotatable bonds is 3. The van der Waals surface area contributed by atoms with Crippen molar-refractivity contribution in [2.75, 3.05) is 5.32 Å². The van der Waals surface area contributed by atoms with Crippen LogP contribution in [0.2, 0.25) is 0 Å². The molecular formula is C19H26N4. The van der Waals surface area contributed by atoms with Gasteiger partial charge in [0.25, 0.3) is 0 Å². The molecule has 2 heterocycles. The van der Waals surface area contributed by atoms with E-state index in [1.165, 1.54) is 5.56 Å². The summed E-state index contributed by atoms with van der Waals surface area (Å²) in [5.41, 5.74) is 5.22. The van der Waals surface area contributed by atoms with Crippen molar-refractivity contribution < 1.29 is 2.85 Å². The fraction of sp³-hybridized carbons (Fsp3) is 0.211. The molecule has 0 spiro atoms. The second kappa shape index (κ2) is 8.03. The molecule has 0 aliphatic rings. The van der Waals surface area contributed by atoms with E-state index in [1.54, 1.807) is 18.6 Å². The Morgan fingerprint density at radius 2 is 1.83 bits per heavy atom. The van der Waals surface area contributed by atoms with Crippen molar-refractivity contribution in [3.8, 4) is 11.3 Å². The van der Waals surface area contributed by atoms with Gasteiger partial charge in [-0.1, -0.05) is 26.0 Å². The predicted octanol–water partition coefficient (Wildman–Crippen LogP) is 5.42. The van der Waals surface area contributed by atoms with Crippen LogP contribution in [0, 0.1) is 13.8 Å². The maximum atomic E-state index is 4.55. The summed E-state index contributed by atoms with van der Waals surface area (Å²) in [5.74, 6) is 0.588. The molecule has 0 atom stereocenters. The standard InChI is InChI=1S/C17H16N4.C2H6.2H2/c1-12-5-6-13(2)16(10-12)21-17-19-9-7-15(20-17)14-4-3-8-18-11-14;1-2;;/h3-11H,1-2H3,(H,19,20,21);1-2H3;2*1H. The maximum Gasteiger partial charge on any atom is 0.227 e. The molecule has 0 saturated heterocycles. The summed E-state index contributed by atoms with van der Waals surface area (Å²) in [4.78, 5) is 13.0. The lowest BCUT2D eigenvalue weighted by molar-refractivity contribution is 1.16. The average molecular weight is 310 g/mol. The lowest BCUT2D eigenvalue weighted by Crippen LogP contribution is -1.99. The first kappa shape index (κ1) is 16.6. The topological polar surface area (TPSA) is 50.7 Å². The smallest absolute Gasteiger partial charge is 0.227 e. The van der Waals surface area contributed by atoms with Crippen LogP contribution in [0.3, 0.4) is 0 Å². The number of pyridine rings is 1. The lowest BCUT2D eigenvalue weighted by atomic mass is 10.1. The minimum absolute atomic E-state index is 0. The average Bonchev–Trinajstić information content (AvgIpc) is 2.61. The van der Waals surface area contributed by atoms with Crippen molar-refractivity contribution in [3.63, 3.8) is 0 Å². The third-order valence-electron chi connectivity index (χ3n) is 3.25. The largest absolute Gasteiger partial charge is 0.324 e. The normalized spacial score (nSPS) is 9.74. The van der Waals surface area contributed by atoms with Gasteiger partial charge in [-0.15, -0.1) is 0 Å². The Kier molecular flexibility index (Phi) is 5.80. The van der Waals surface area contributed by atoms with E-state index in [1.807, 2.05) is 32.0 Å². The Hall–Kier alpha value is -2.75. The number of hydrogen-bond donors (Lipinski definition) is 1. The summed E-state index contributed by atoms with van der Waals surface area (Å²) in [6.07, 6.45) is 5.30. The fourth-order valence-electron chi connectivity index (χ4n) is 2.08. The van der Waals surface area contributed by atoms with Crippen molar-refractivity contribution in [1.82, 2.24) is 15.0 Å². The molecule has 3 aromatic rings. The highest BCUT2D eigenvalue weighted by Crippen LogP contribution is 2.21. The Morgan fingerprint density at radius 3 is 2.57 bits per heavy atom. The van der Waals surface area contributed by atoms with E-state index in [2.05, 4.69) is 52.3 Å². The molecule has 2 aromatic heterocycles. The molecule has 0 aliphatic carbocycles. The quantitative estimate of drug-likeness (QED) is 0.702. The highest BCUT2D eigenvalue weighted by atomic mass is 15.1. The maximum absolute atomic E-state index is 4.55. The number of benzene rings is 1. The molecule has 4 nitrogen and oxygen atoms in total. The Labute approximate surface area is 140 Å². The van der Waals surface area contributed by atoms with Crippen molar-refractivity contribution >= 4 is 11.6 Å². The lowest BCUT2D eigenvalue weighted by Gasteiger charge is -2.10. The minimum atomic E-state index is 0. The summed E-state index contributed by atoms with van der Waals surface area (Å²) < 4.78 is 0. The third kappa shape index (κ3) is 4.36. The summed E-state index contributed by atoms with van der Waals surface area (Å²) in [7, 11) is 0. The van der Waals surface area contributed by atoms with Crippen LogP contribution >= 0.6 is 0 Å². The van der Waals surface area contributed by atoms with Gasteiger partial charge in [-0.05, 0) is 49.2 Å². The highest BCUT2D eigenvalue weighted by Gasteiger charge is 2.04. The van der Waals surface area contributed by atoms with Crippen molar-refractivity contribution in [2.24, 2.45) is 0 Å². The summed E-state index contributed by atoms with van der Waals surface area (Å²) in [6.45, 7) is 8.13. The van der Waals surface area contributed by atoms with Gasteiger partial charge in [0.1, 0.15) is 0 Å². The molecule has 0 unspecified atom stereocenters. The molecule has 4 heteroatoms. The zero-order chi connectivity index (χ0) is 16.7. The van der Waals surface area contributed by atoms with Crippen molar-refractivity contribution in [1.29, 1.82) is 0 Å². The van der Waals surface area contributed by atoms with Gasteiger partial charge in [-0.3, -0.25) is 4.98 Å². The summed E-state index contributed by atoms with van der Waals surface area (Å²) in [5, 5.41) is 3.28. The van der Waals surface area contributed by atoms with Crippen LogP contribution < -0.4 is 5.32 Å². The molecule has 0 saturated carbocycles. The van der Waals surface area contributed by atoms with Crippen LogP contribution in [-0.2, 0) is 0 Å². The summed E-state index contributed by atoms with van der Waals surface area (Å²) >= 11 is 0. The van der Waals surface area contributed by atoms with Crippen LogP contribution in [0.1, 0.15) is 27.8 Å². The van der Waals surface area contributed by atoms with Crippen LogP contribution in [0.5, 0.6) is 0 Å². The van der Waals surface area contributed by atoms with E-state index >= 15 is 0 Å². The SMILES string of the molecule is CC.Cc1ccc(C)c(Nc2nccc(-c3cccnc3)n2)c1.[HH].[HH]. The van der Waals surface area contributed by atoms with Crippen LogP contribution in [-0.4, -0.2) is 15.0 Å². The Bertz CT molecular complexity index is 764. The van der Waals surface area contributed by atoms with Gasteiger partial charge in [-0.25, -0.2) is 9.97 Å². The monoisotopic (exact) mass is 310 g/mol. The minimum Gasteiger partial charge on any atom is -0.324 e. The molecule has 0 aliphatic heterocycles. The second-order valence-corrected chi connectivity index (χ2v) is 4.95. The Morgan fingerprint density at radius 1 is 1.00 bits per heavy atom. The summed E-state index contributed by atoms with van der Waals surface area (Å²) in [6, 6.07) is 12.0. The van der Waals surface area contributed by atoms with Gasteiger partial charge in [0.15, 0.2) is 0 Å². The molecule has 1 N–H and O–H groups in total. The van der Waals surface area contributed by atoms with Crippen LogP contribution in [0.25, 0.3) is 11.3 Å². The molecular weight excluding hydrogens is 284 g/mol. The van der Waals surface area contributed by atoms with Gasteiger partial charge in [0, 0.05) is 32.7 Å².